The van der Waals surface area contributed by atoms with Gasteiger partial charge >= 0.3 is 11.9 Å². The number of carbonyl (C=O) groups is 2. The van der Waals surface area contributed by atoms with Gasteiger partial charge in [-0.3, -0.25) is 0 Å². The van der Waals surface area contributed by atoms with E-state index in [1.165, 1.54) is 45.9 Å². The number of rotatable bonds is 5. The van der Waals surface area contributed by atoms with Crippen molar-refractivity contribution in [1.29, 1.82) is 5.53 Å². The minimum atomic E-state index is -1.14. The Hall–Kier alpha value is -3.96. The number of nitrogen functional groups attached to an aromatic ring is 2. The number of carbonyl (C=O) groups excluding carboxylic acids is 1. The quantitative estimate of drug-likeness (QED) is 0.166. The van der Waals surface area contributed by atoms with Crippen molar-refractivity contribution < 1.29 is 33.7 Å². The number of carboxylic acid groups (broad SMARTS) is 1. The van der Waals surface area contributed by atoms with Crippen LogP contribution in [0.25, 0.3) is 0 Å². The van der Waals surface area contributed by atoms with Crippen molar-refractivity contribution >= 4 is 37.2 Å². The van der Waals surface area contributed by atoms with Crippen LogP contribution in [-0.2, 0) is 4.74 Å². The first-order valence-corrected chi connectivity index (χ1v) is 12.6. The highest BCUT2D eigenvalue weighted by atomic mass is 28.3. The maximum Gasteiger partial charge on any atom is 0.340 e. The van der Waals surface area contributed by atoms with Crippen molar-refractivity contribution in [1.82, 2.24) is 9.97 Å². The van der Waals surface area contributed by atoms with Gasteiger partial charge < -0.3 is 30.8 Å². The lowest BCUT2D eigenvalue weighted by atomic mass is 10.2. The van der Waals surface area contributed by atoms with Gasteiger partial charge in [-0.2, -0.15) is 0 Å². The van der Waals surface area contributed by atoms with Gasteiger partial charge in [0, 0.05) is 17.2 Å². The average Bonchev–Trinajstić information content (AvgIpc) is 2.73. The Labute approximate surface area is 186 Å². The number of aromatic carboxylic acids is 1. The minimum Gasteiger partial charge on any atom is -0.480 e. The molecule has 0 amide bonds. The van der Waals surface area contributed by atoms with Gasteiger partial charge in [0.1, 0.15) is 11.4 Å². The molecule has 0 unspecified atom stereocenters. The molecule has 2 rings (SSSR count). The van der Waals surface area contributed by atoms with Gasteiger partial charge in [0.2, 0.25) is 11.8 Å². The summed E-state index contributed by atoms with van der Waals surface area (Å²) >= 11 is 0. The molecular formula is C19H29N6O6Si+. The Morgan fingerprint density at radius 1 is 1.00 bits per heavy atom. The Bertz CT molecular complexity index is 973. The van der Waals surface area contributed by atoms with Gasteiger partial charge in [-0.05, 0) is 12.1 Å². The summed E-state index contributed by atoms with van der Waals surface area (Å²) in [7, 11) is 2.96. The lowest BCUT2D eigenvalue weighted by Crippen LogP contribution is -2.22. The number of hydrogen-bond acceptors (Lipinski definition) is 10. The highest BCUT2D eigenvalue weighted by molar-refractivity contribution is 6.98. The third-order valence-electron chi connectivity index (χ3n) is 3.38. The summed E-state index contributed by atoms with van der Waals surface area (Å²) in [5, 5.41) is 8.62. The Morgan fingerprint density at radius 2 is 1.44 bits per heavy atom. The number of nitrogens with two attached hydrogens (primary N) is 2. The summed E-state index contributed by atoms with van der Waals surface area (Å²) < 4.78 is 14.1. The molecule has 2 aromatic rings. The molecule has 0 aliphatic heterocycles. The Balaban J connectivity index is 0.000000473. The maximum atomic E-state index is 11.1. The number of anilines is 2. The van der Waals surface area contributed by atoms with Crippen molar-refractivity contribution in [2.75, 3.05) is 32.8 Å². The first-order valence-electron chi connectivity index (χ1n) is 9.02. The van der Waals surface area contributed by atoms with E-state index in [0.717, 1.165) is 0 Å². The van der Waals surface area contributed by atoms with Gasteiger partial charge in [-0.25, -0.2) is 19.6 Å². The summed E-state index contributed by atoms with van der Waals surface area (Å²) in [6.07, 6.45) is 2.76. The van der Waals surface area contributed by atoms with Crippen LogP contribution in [0, 0.1) is 5.53 Å². The van der Waals surface area contributed by atoms with Crippen LogP contribution in [0.3, 0.4) is 0 Å². The fraction of sp³-hybridized carbons (Fsp3) is 0.316. The second-order valence-electron chi connectivity index (χ2n) is 6.98. The molecule has 174 valence electrons. The molecule has 12 nitrogen and oxygen atoms in total. The number of methoxy groups -OCH3 is 3. The van der Waals surface area contributed by atoms with Crippen molar-refractivity contribution in [3.05, 3.63) is 35.7 Å². The van der Waals surface area contributed by atoms with E-state index in [0.29, 0.717) is 0 Å². The number of nitrogens with one attached hydrogen (secondary N) is 1. The van der Waals surface area contributed by atoms with Crippen molar-refractivity contribution in [3.8, 4) is 11.8 Å². The predicted molar refractivity (Wildman–Crippen MR) is 121 cm³/mol. The Kier molecular flexibility index (Phi) is 11.7. The largest absolute Gasteiger partial charge is 0.480 e. The number of aromatic nitrogens is 2. The monoisotopic (exact) mass is 465 g/mol. The van der Waals surface area contributed by atoms with Gasteiger partial charge in [0.05, 0.1) is 38.0 Å². The molecule has 0 bridgehead atoms. The van der Waals surface area contributed by atoms with Crippen molar-refractivity contribution in [2.45, 2.75) is 19.6 Å². The molecule has 6 N–H and O–H groups in total. The first kappa shape index (κ1) is 28.0. The standard InChI is InChI=1S/C8H10N2O3.C7H8N2O3.C4H11N2Si/c1-12-7-6(9)5(3-4-10-7)8(11)13-2;1-12-6-5(8)4(7(10)11)2-3-9-6;1-7(2,3)4-6-5/h3-4H,9H2,1-2H3;2-3H,8H2,1H3,(H,10,11);4-5H,1-3H3/q;;+1. The molecule has 0 saturated carbocycles. The number of carboxylic acids is 1. The van der Waals surface area contributed by atoms with E-state index < -0.39 is 20.0 Å². The first-order chi connectivity index (χ1) is 14.9. The number of nitrogens with zero attached hydrogens (tertiary/aromatic N) is 3. The van der Waals surface area contributed by atoms with Crippen molar-refractivity contribution in [3.63, 3.8) is 0 Å². The zero-order valence-corrected chi connectivity index (χ0v) is 19.9. The number of hydrogen-bond donors (Lipinski definition) is 4. The minimum absolute atomic E-state index is 0.00171. The van der Waals surface area contributed by atoms with Crippen LogP contribution in [-0.4, -0.2) is 67.0 Å². The van der Waals surface area contributed by atoms with Crippen LogP contribution in [0.1, 0.15) is 20.7 Å². The number of esters is 1. The number of pyridine rings is 2. The van der Waals surface area contributed by atoms with Crippen molar-refractivity contribution in [2.24, 2.45) is 0 Å². The fourth-order valence-corrected chi connectivity index (χ4v) is 2.29. The molecule has 0 atom stereocenters. The molecule has 32 heavy (non-hydrogen) atoms. The fourth-order valence-electron chi connectivity index (χ4n) is 1.90. The van der Waals surface area contributed by atoms with Crippen LogP contribution >= 0.6 is 0 Å². The summed E-state index contributed by atoms with van der Waals surface area (Å²) in [5.74, 6) is 0.511. The highest BCUT2D eigenvalue weighted by Crippen LogP contribution is 2.22. The Morgan fingerprint density at radius 3 is 1.75 bits per heavy atom. The summed E-state index contributed by atoms with van der Waals surface area (Å²) in [5.41, 5.74) is 18.0. The maximum absolute atomic E-state index is 11.1. The molecule has 0 aromatic carbocycles. The summed E-state index contributed by atoms with van der Waals surface area (Å²) in [6.45, 7) is 6.43. The van der Waals surface area contributed by atoms with Gasteiger partial charge in [-0.1, -0.05) is 19.6 Å². The highest BCUT2D eigenvalue weighted by Gasteiger charge is 2.16. The van der Waals surface area contributed by atoms with E-state index in [9.17, 15) is 9.59 Å². The summed E-state index contributed by atoms with van der Waals surface area (Å²) in [6, 6.07) is 2.80. The normalized spacial score (nSPS) is 9.56. The topological polar surface area (TPSA) is 198 Å². The molecular weight excluding hydrogens is 436 g/mol. The van der Waals surface area contributed by atoms with E-state index in [-0.39, 0.29) is 34.3 Å². The van der Waals surface area contributed by atoms with Gasteiger partial charge in [-0.15, -0.1) is 0 Å². The van der Waals surface area contributed by atoms with E-state index in [1.807, 2.05) is 0 Å². The molecule has 0 spiro atoms. The van der Waals surface area contributed by atoms with Crippen LogP contribution in [0.2, 0.25) is 19.6 Å². The third kappa shape index (κ3) is 9.24. The van der Waals surface area contributed by atoms with Crippen LogP contribution in [0.15, 0.2) is 24.5 Å². The van der Waals surface area contributed by atoms with Gasteiger partial charge in [0.15, 0.2) is 8.07 Å². The lowest BCUT2D eigenvalue weighted by molar-refractivity contribution is -0.109. The zero-order chi connectivity index (χ0) is 24.9. The molecule has 0 aliphatic rings. The second-order valence-corrected chi connectivity index (χ2v) is 12.0. The van der Waals surface area contributed by atoms with E-state index in [4.69, 9.17) is 31.6 Å². The van der Waals surface area contributed by atoms with Crippen LogP contribution in [0.5, 0.6) is 11.8 Å². The van der Waals surface area contributed by atoms with Gasteiger partial charge in [0.25, 0.3) is 5.84 Å². The van der Waals surface area contributed by atoms with E-state index in [1.54, 1.807) is 5.84 Å². The van der Waals surface area contributed by atoms with E-state index in [2.05, 4.69) is 39.1 Å². The van der Waals surface area contributed by atoms with E-state index >= 15 is 0 Å². The zero-order valence-electron chi connectivity index (χ0n) is 18.9. The average molecular weight is 466 g/mol. The molecule has 0 aliphatic carbocycles. The molecule has 13 heteroatoms. The molecule has 0 saturated heterocycles. The molecule has 2 heterocycles. The molecule has 2 aromatic heterocycles. The second kappa shape index (κ2) is 13.4. The molecule has 0 radical (unpaired) electrons. The number of ether oxygens (including phenoxy) is 3. The van der Waals surface area contributed by atoms with Crippen LogP contribution in [0.4, 0.5) is 11.4 Å². The summed E-state index contributed by atoms with van der Waals surface area (Å²) in [4.78, 5) is 32.4. The van der Waals surface area contributed by atoms with Crippen LogP contribution < -0.4 is 20.9 Å². The lowest BCUT2D eigenvalue weighted by Gasteiger charge is -2.06. The smallest absolute Gasteiger partial charge is 0.340 e. The predicted octanol–water partition coefficient (Wildman–Crippen LogP) is 2.00. The third-order valence-corrected chi connectivity index (χ3v) is 4.29. The molecule has 0 fully saturated rings. The SMILES string of the molecule is COC(=O)c1ccnc(OC)c1N.COc1nccc(C(=O)O)c1N.C[Si](C)(C)C=[N+]=N.